The first-order valence-electron chi connectivity index (χ1n) is 7.27. The zero-order valence-electron chi connectivity index (χ0n) is 13.2. The highest BCUT2D eigenvalue weighted by atomic mass is 16.1. The Morgan fingerprint density at radius 1 is 1.15 bits per heavy atom. The van der Waals surface area contributed by atoms with Crippen molar-refractivity contribution in [3.8, 4) is 0 Å². The van der Waals surface area contributed by atoms with Crippen LogP contribution in [-0.4, -0.2) is 34.5 Å². The van der Waals surface area contributed by atoms with Gasteiger partial charge in [-0.1, -0.05) is 13.8 Å². The molecule has 1 aromatic rings. The third kappa shape index (κ3) is 5.15. The molecule has 20 heavy (non-hydrogen) atoms. The fourth-order valence-electron chi connectivity index (χ4n) is 1.87. The van der Waals surface area contributed by atoms with Crippen LogP contribution in [0.2, 0.25) is 0 Å². The van der Waals surface area contributed by atoms with Crippen LogP contribution in [-0.2, 0) is 0 Å². The summed E-state index contributed by atoms with van der Waals surface area (Å²) in [5, 5.41) is 2.90. The maximum atomic E-state index is 12.0. The van der Waals surface area contributed by atoms with E-state index in [9.17, 15) is 4.79 Å². The van der Waals surface area contributed by atoms with Gasteiger partial charge in [0.2, 0.25) is 5.95 Å². The van der Waals surface area contributed by atoms with Crippen molar-refractivity contribution in [2.24, 2.45) is 0 Å². The van der Waals surface area contributed by atoms with Crippen molar-refractivity contribution in [1.29, 1.82) is 0 Å². The lowest BCUT2D eigenvalue weighted by Gasteiger charge is -2.22. The Bertz CT molecular complexity index is 416. The molecule has 0 aromatic carbocycles. The molecule has 1 aromatic heterocycles. The quantitative estimate of drug-likeness (QED) is 0.869. The van der Waals surface area contributed by atoms with Crippen molar-refractivity contribution >= 4 is 11.9 Å². The zero-order chi connectivity index (χ0) is 15.2. The third-order valence-corrected chi connectivity index (χ3v) is 2.66. The van der Waals surface area contributed by atoms with Gasteiger partial charge in [0, 0.05) is 31.0 Å². The second kappa shape index (κ2) is 7.22. The highest BCUT2D eigenvalue weighted by molar-refractivity contribution is 5.94. The third-order valence-electron chi connectivity index (χ3n) is 2.66. The smallest absolute Gasteiger partial charge is 0.254 e. The van der Waals surface area contributed by atoms with Crippen molar-refractivity contribution < 1.29 is 4.79 Å². The summed E-state index contributed by atoms with van der Waals surface area (Å²) in [4.78, 5) is 22.8. The first-order chi connectivity index (χ1) is 9.37. The van der Waals surface area contributed by atoms with Gasteiger partial charge in [-0.2, -0.15) is 0 Å². The van der Waals surface area contributed by atoms with Crippen molar-refractivity contribution in [1.82, 2.24) is 15.3 Å². The van der Waals surface area contributed by atoms with E-state index in [-0.39, 0.29) is 11.4 Å². The fraction of sp³-hybridized carbons (Fsp3) is 0.667. The van der Waals surface area contributed by atoms with Crippen LogP contribution in [0.25, 0.3) is 0 Å². The van der Waals surface area contributed by atoms with Crippen LogP contribution in [0.1, 0.15) is 57.8 Å². The Balaban J connectivity index is 2.79. The van der Waals surface area contributed by atoms with E-state index in [2.05, 4.69) is 34.0 Å². The van der Waals surface area contributed by atoms with Crippen molar-refractivity contribution in [3.05, 3.63) is 18.0 Å². The predicted octanol–water partition coefficient (Wildman–Crippen LogP) is 2.63. The minimum Gasteiger partial charge on any atom is -0.347 e. The Morgan fingerprint density at radius 3 is 2.05 bits per heavy atom. The molecule has 0 aliphatic heterocycles. The van der Waals surface area contributed by atoms with Gasteiger partial charge in [0.05, 0.1) is 5.56 Å². The summed E-state index contributed by atoms with van der Waals surface area (Å²) < 4.78 is 0. The first-order valence-corrected chi connectivity index (χ1v) is 7.27. The van der Waals surface area contributed by atoms with Crippen LogP contribution in [0.5, 0.6) is 0 Å². The van der Waals surface area contributed by atoms with Crippen LogP contribution in [0, 0.1) is 0 Å². The average molecular weight is 278 g/mol. The summed E-state index contributed by atoms with van der Waals surface area (Å²) in [7, 11) is 0. The molecule has 1 N–H and O–H groups in total. The van der Waals surface area contributed by atoms with Crippen LogP contribution in [0.4, 0.5) is 5.95 Å². The van der Waals surface area contributed by atoms with Gasteiger partial charge in [-0.3, -0.25) is 4.79 Å². The number of nitrogens with one attached hydrogen (secondary N) is 1. The molecule has 1 heterocycles. The van der Waals surface area contributed by atoms with E-state index in [1.54, 1.807) is 12.4 Å². The van der Waals surface area contributed by atoms with Gasteiger partial charge in [-0.25, -0.2) is 9.97 Å². The number of carbonyl (C=O) groups excluding carboxylic acids is 1. The second-order valence-corrected chi connectivity index (χ2v) is 5.96. The first kappa shape index (κ1) is 16.4. The highest BCUT2D eigenvalue weighted by Crippen LogP contribution is 2.09. The fourth-order valence-corrected chi connectivity index (χ4v) is 1.87. The Hall–Kier alpha value is -1.65. The molecule has 0 aliphatic carbocycles. The normalized spacial score (nSPS) is 11.2. The van der Waals surface area contributed by atoms with Crippen molar-refractivity contribution in [3.63, 3.8) is 0 Å². The van der Waals surface area contributed by atoms with Crippen molar-refractivity contribution in [2.75, 3.05) is 18.0 Å². The Kier molecular flexibility index (Phi) is 5.92. The molecule has 0 fully saturated rings. The van der Waals surface area contributed by atoms with Gasteiger partial charge in [0.1, 0.15) is 0 Å². The summed E-state index contributed by atoms with van der Waals surface area (Å²) in [5.74, 6) is 0.558. The van der Waals surface area contributed by atoms with Gasteiger partial charge in [-0.15, -0.1) is 0 Å². The molecule has 5 nitrogen and oxygen atoms in total. The maximum Gasteiger partial charge on any atom is 0.254 e. The molecular formula is C15H26N4O. The minimum absolute atomic E-state index is 0.137. The average Bonchev–Trinajstić information content (AvgIpc) is 2.37. The lowest BCUT2D eigenvalue weighted by molar-refractivity contribution is 0.0919. The highest BCUT2D eigenvalue weighted by Gasteiger charge is 2.16. The summed E-state index contributed by atoms with van der Waals surface area (Å²) in [6, 6.07) is 0. The van der Waals surface area contributed by atoms with E-state index in [1.807, 2.05) is 20.8 Å². The van der Waals surface area contributed by atoms with Gasteiger partial charge in [0.15, 0.2) is 0 Å². The lowest BCUT2D eigenvalue weighted by atomic mass is 10.1. The number of amides is 1. The maximum absolute atomic E-state index is 12.0. The van der Waals surface area contributed by atoms with E-state index in [4.69, 9.17) is 0 Å². The molecule has 0 radical (unpaired) electrons. The molecule has 0 spiro atoms. The van der Waals surface area contributed by atoms with Crippen LogP contribution < -0.4 is 10.2 Å². The number of hydrogen-bond acceptors (Lipinski definition) is 4. The number of rotatable bonds is 6. The van der Waals surface area contributed by atoms with E-state index in [0.29, 0.717) is 11.5 Å². The van der Waals surface area contributed by atoms with Crippen molar-refractivity contribution in [2.45, 2.75) is 53.0 Å². The molecule has 0 saturated carbocycles. The summed E-state index contributed by atoms with van der Waals surface area (Å²) in [6.45, 7) is 12.0. The minimum atomic E-state index is -0.258. The monoisotopic (exact) mass is 278 g/mol. The lowest BCUT2D eigenvalue weighted by Crippen LogP contribution is -2.40. The molecule has 0 bridgehead atoms. The SMILES string of the molecule is CCCN(CCC)c1ncc(C(=O)NC(C)(C)C)cn1. The molecule has 1 amide bonds. The number of carbonyl (C=O) groups is 1. The standard InChI is InChI=1S/C15H26N4O/c1-6-8-19(9-7-2)14-16-10-12(11-17-14)13(20)18-15(3,4)5/h10-11H,6-9H2,1-5H3,(H,18,20). The summed E-state index contributed by atoms with van der Waals surface area (Å²) in [6.07, 6.45) is 5.30. The molecule has 0 unspecified atom stereocenters. The molecule has 112 valence electrons. The molecular weight excluding hydrogens is 252 g/mol. The van der Waals surface area contributed by atoms with Crippen LogP contribution in [0.3, 0.4) is 0 Å². The van der Waals surface area contributed by atoms with Crippen LogP contribution >= 0.6 is 0 Å². The molecule has 1 rings (SSSR count). The van der Waals surface area contributed by atoms with E-state index >= 15 is 0 Å². The topological polar surface area (TPSA) is 58.1 Å². The number of anilines is 1. The number of aromatic nitrogens is 2. The second-order valence-electron chi connectivity index (χ2n) is 5.96. The Labute approximate surface area is 121 Å². The van der Waals surface area contributed by atoms with Gasteiger partial charge < -0.3 is 10.2 Å². The number of hydrogen-bond donors (Lipinski definition) is 1. The summed E-state index contributed by atoms with van der Waals surface area (Å²) in [5.41, 5.74) is 0.239. The van der Waals surface area contributed by atoms with E-state index in [0.717, 1.165) is 25.9 Å². The van der Waals surface area contributed by atoms with Crippen LogP contribution in [0.15, 0.2) is 12.4 Å². The van der Waals surface area contributed by atoms with E-state index < -0.39 is 0 Å². The zero-order valence-corrected chi connectivity index (χ0v) is 13.2. The van der Waals surface area contributed by atoms with Gasteiger partial charge in [-0.05, 0) is 33.6 Å². The summed E-state index contributed by atoms with van der Waals surface area (Å²) >= 11 is 0. The van der Waals surface area contributed by atoms with Gasteiger partial charge in [0.25, 0.3) is 5.91 Å². The van der Waals surface area contributed by atoms with E-state index in [1.165, 1.54) is 0 Å². The molecule has 0 aliphatic rings. The van der Waals surface area contributed by atoms with Gasteiger partial charge >= 0.3 is 0 Å². The molecule has 0 saturated heterocycles. The molecule has 0 atom stereocenters. The number of nitrogens with zero attached hydrogens (tertiary/aromatic N) is 3. The largest absolute Gasteiger partial charge is 0.347 e. The molecule has 5 heteroatoms. The predicted molar refractivity (Wildman–Crippen MR) is 82.0 cm³/mol. The Morgan fingerprint density at radius 2 is 1.65 bits per heavy atom.